The van der Waals surface area contributed by atoms with Crippen molar-refractivity contribution in [3.8, 4) is 5.75 Å². The van der Waals surface area contributed by atoms with Crippen molar-refractivity contribution in [3.63, 3.8) is 0 Å². The molecular formula is C10H8BrF3N4O2. The Morgan fingerprint density at radius 2 is 2.25 bits per heavy atom. The van der Waals surface area contributed by atoms with Crippen LogP contribution in [0.25, 0.3) is 5.65 Å². The van der Waals surface area contributed by atoms with E-state index in [4.69, 9.17) is 4.74 Å². The maximum Gasteiger partial charge on any atom is 0.412 e. The summed E-state index contributed by atoms with van der Waals surface area (Å²) in [5, 5.41) is 6.02. The minimum absolute atomic E-state index is 0.0846. The molecular weight excluding hydrogens is 345 g/mol. The van der Waals surface area contributed by atoms with Crippen LogP contribution in [0.1, 0.15) is 6.42 Å². The molecule has 0 unspecified atom stereocenters. The second-order valence-corrected chi connectivity index (χ2v) is 4.52. The van der Waals surface area contributed by atoms with Crippen molar-refractivity contribution in [1.29, 1.82) is 0 Å². The van der Waals surface area contributed by atoms with E-state index in [0.29, 0.717) is 4.60 Å². The third-order valence-electron chi connectivity index (χ3n) is 2.18. The SMILES string of the molecule is O=C(NCCC(F)(F)F)Oc1cc(Br)nn2ccnc12. The lowest BCUT2D eigenvalue weighted by molar-refractivity contribution is -0.133. The molecule has 2 aromatic heterocycles. The first-order valence-electron chi connectivity index (χ1n) is 5.37. The monoisotopic (exact) mass is 352 g/mol. The zero-order valence-corrected chi connectivity index (χ0v) is 11.4. The van der Waals surface area contributed by atoms with Gasteiger partial charge in [0.15, 0.2) is 11.4 Å². The molecule has 2 heterocycles. The summed E-state index contributed by atoms with van der Waals surface area (Å²) in [6.45, 7) is -0.556. The number of alkyl halides is 3. The van der Waals surface area contributed by atoms with Gasteiger partial charge in [0.05, 0.1) is 6.42 Å². The number of hydrogen-bond donors (Lipinski definition) is 1. The van der Waals surface area contributed by atoms with E-state index in [1.807, 2.05) is 5.32 Å². The highest BCUT2D eigenvalue weighted by Gasteiger charge is 2.26. The molecule has 20 heavy (non-hydrogen) atoms. The van der Waals surface area contributed by atoms with Gasteiger partial charge < -0.3 is 10.1 Å². The number of carbonyl (C=O) groups is 1. The van der Waals surface area contributed by atoms with Crippen molar-refractivity contribution in [3.05, 3.63) is 23.1 Å². The molecule has 0 fully saturated rings. The summed E-state index contributed by atoms with van der Waals surface area (Å²) >= 11 is 3.12. The Morgan fingerprint density at radius 1 is 1.50 bits per heavy atom. The van der Waals surface area contributed by atoms with Crippen molar-refractivity contribution in [2.45, 2.75) is 12.6 Å². The van der Waals surface area contributed by atoms with Gasteiger partial charge >= 0.3 is 12.3 Å². The van der Waals surface area contributed by atoms with Crippen molar-refractivity contribution in [1.82, 2.24) is 19.9 Å². The average Bonchev–Trinajstić information content (AvgIpc) is 2.74. The minimum Gasteiger partial charge on any atom is -0.406 e. The van der Waals surface area contributed by atoms with Crippen molar-refractivity contribution in [2.24, 2.45) is 0 Å². The van der Waals surface area contributed by atoms with Gasteiger partial charge in [-0.05, 0) is 15.9 Å². The van der Waals surface area contributed by atoms with Crippen LogP contribution in [-0.2, 0) is 0 Å². The molecule has 2 aromatic rings. The van der Waals surface area contributed by atoms with Crippen molar-refractivity contribution < 1.29 is 22.7 Å². The second kappa shape index (κ2) is 5.65. The van der Waals surface area contributed by atoms with Gasteiger partial charge in [0, 0.05) is 25.0 Å². The maximum absolute atomic E-state index is 11.9. The van der Waals surface area contributed by atoms with Crippen LogP contribution in [0.2, 0.25) is 0 Å². The predicted molar refractivity (Wildman–Crippen MR) is 65.4 cm³/mol. The first-order valence-corrected chi connectivity index (χ1v) is 6.17. The summed E-state index contributed by atoms with van der Waals surface area (Å²) in [6.07, 6.45) is -3.46. The summed E-state index contributed by atoms with van der Waals surface area (Å²) in [5.41, 5.74) is 0.277. The molecule has 1 N–H and O–H groups in total. The summed E-state index contributed by atoms with van der Waals surface area (Å²) in [6, 6.07) is 1.39. The molecule has 0 spiro atoms. The molecule has 6 nitrogen and oxygen atoms in total. The lowest BCUT2D eigenvalue weighted by atomic mass is 10.4. The van der Waals surface area contributed by atoms with E-state index >= 15 is 0 Å². The molecule has 1 amide bonds. The Kier molecular flexibility index (Phi) is 4.12. The quantitative estimate of drug-likeness (QED) is 0.921. The summed E-state index contributed by atoms with van der Waals surface area (Å²) in [5.74, 6) is 0.0846. The summed E-state index contributed by atoms with van der Waals surface area (Å²) in [7, 11) is 0. The number of hydrogen-bond acceptors (Lipinski definition) is 4. The van der Waals surface area contributed by atoms with E-state index in [0.717, 1.165) is 0 Å². The predicted octanol–water partition coefficient (Wildman–Crippen LogP) is 2.53. The van der Waals surface area contributed by atoms with Crippen LogP contribution in [0.4, 0.5) is 18.0 Å². The number of halogens is 4. The Balaban J connectivity index is 2.01. The Labute approximate surface area is 119 Å². The number of rotatable bonds is 3. The summed E-state index contributed by atoms with van der Waals surface area (Å²) in [4.78, 5) is 15.3. The number of nitrogens with one attached hydrogen (secondary N) is 1. The fraction of sp³-hybridized carbons (Fsp3) is 0.300. The van der Waals surface area contributed by atoms with Gasteiger partial charge in [0.25, 0.3) is 0 Å². The molecule has 0 radical (unpaired) electrons. The van der Waals surface area contributed by atoms with Gasteiger partial charge in [-0.2, -0.15) is 18.3 Å². The third kappa shape index (κ3) is 3.83. The molecule has 10 heteroatoms. The zero-order chi connectivity index (χ0) is 14.8. The first-order chi connectivity index (χ1) is 9.35. The van der Waals surface area contributed by atoms with Crippen LogP contribution >= 0.6 is 15.9 Å². The molecule has 2 rings (SSSR count). The molecule has 0 atom stereocenters. The van der Waals surface area contributed by atoms with E-state index in [1.54, 1.807) is 0 Å². The van der Waals surface area contributed by atoms with E-state index in [-0.39, 0.29) is 11.4 Å². The number of nitrogens with zero attached hydrogens (tertiary/aromatic N) is 3. The van der Waals surface area contributed by atoms with E-state index in [9.17, 15) is 18.0 Å². The van der Waals surface area contributed by atoms with Gasteiger partial charge in [-0.3, -0.25) is 0 Å². The Hall–Kier alpha value is -1.84. The third-order valence-corrected chi connectivity index (χ3v) is 2.56. The zero-order valence-electron chi connectivity index (χ0n) is 9.82. The number of amides is 1. The van der Waals surface area contributed by atoms with Gasteiger partial charge in [0.1, 0.15) is 4.60 Å². The van der Waals surface area contributed by atoms with Crippen LogP contribution in [-0.4, -0.2) is 33.4 Å². The highest BCUT2D eigenvalue weighted by atomic mass is 79.9. The lowest BCUT2D eigenvalue weighted by Gasteiger charge is -2.09. The number of imidazole rings is 1. The fourth-order valence-electron chi connectivity index (χ4n) is 1.38. The van der Waals surface area contributed by atoms with Gasteiger partial charge in [0.2, 0.25) is 0 Å². The number of fused-ring (bicyclic) bond motifs is 1. The van der Waals surface area contributed by atoms with E-state index in [1.165, 1.54) is 23.0 Å². The van der Waals surface area contributed by atoms with E-state index < -0.39 is 25.2 Å². The van der Waals surface area contributed by atoms with E-state index in [2.05, 4.69) is 26.0 Å². The Morgan fingerprint density at radius 3 is 2.95 bits per heavy atom. The first kappa shape index (κ1) is 14.6. The molecule has 108 valence electrons. The van der Waals surface area contributed by atoms with Crippen LogP contribution in [0.15, 0.2) is 23.1 Å². The number of ether oxygens (including phenoxy) is 1. The fourth-order valence-corrected chi connectivity index (χ4v) is 1.75. The molecule has 0 saturated carbocycles. The van der Waals surface area contributed by atoms with Crippen LogP contribution in [0.5, 0.6) is 5.75 Å². The second-order valence-electron chi connectivity index (χ2n) is 3.71. The molecule has 0 saturated heterocycles. The minimum atomic E-state index is -4.33. The van der Waals surface area contributed by atoms with Crippen molar-refractivity contribution in [2.75, 3.05) is 6.54 Å². The average molecular weight is 353 g/mol. The van der Waals surface area contributed by atoms with Gasteiger partial charge in [-0.1, -0.05) is 0 Å². The summed E-state index contributed by atoms with van der Waals surface area (Å²) < 4.78 is 42.5. The largest absolute Gasteiger partial charge is 0.412 e. The van der Waals surface area contributed by atoms with Gasteiger partial charge in [-0.25, -0.2) is 14.3 Å². The topological polar surface area (TPSA) is 68.5 Å². The number of carbonyl (C=O) groups excluding carboxylic acids is 1. The van der Waals surface area contributed by atoms with Crippen molar-refractivity contribution >= 4 is 27.7 Å². The van der Waals surface area contributed by atoms with Crippen LogP contribution < -0.4 is 10.1 Å². The molecule has 0 bridgehead atoms. The van der Waals surface area contributed by atoms with Gasteiger partial charge in [-0.15, -0.1) is 0 Å². The maximum atomic E-state index is 11.9. The van der Waals surface area contributed by atoms with Crippen LogP contribution in [0, 0.1) is 0 Å². The highest BCUT2D eigenvalue weighted by Crippen LogP contribution is 2.21. The highest BCUT2D eigenvalue weighted by molar-refractivity contribution is 9.10. The molecule has 0 aliphatic rings. The molecule has 0 aliphatic heterocycles. The van der Waals surface area contributed by atoms with Crippen LogP contribution in [0.3, 0.4) is 0 Å². The molecule has 0 aromatic carbocycles. The Bertz CT molecular complexity index is 628. The number of aromatic nitrogens is 3. The smallest absolute Gasteiger partial charge is 0.406 e. The molecule has 0 aliphatic carbocycles. The lowest BCUT2D eigenvalue weighted by Crippen LogP contribution is -2.30. The standard InChI is InChI=1S/C10H8BrF3N4O2/c11-7-5-6(8-15-3-4-18(8)17-7)20-9(19)16-2-1-10(12,13)14/h3-5H,1-2H2,(H,16,19). The normalized spacial score (nSPS) is 11.6.